The fourth-order valence-electron chi connectivity index (χ4n) is 2.46. The number of carbonyl (C=O) groups is 1. The first-order valence-corrected chi connectivity index (χ1v) is 7.43. The van der Waals surface area contributed by atoms with Gasteiger partial charge in [-0.2, -0.15) is 5.10 Å². The highest BCUT2D eigenvalue weighted by molar-refractivity contribution is 5.96. The molecule has 0 saturated heterocycles. The van der Waals surface area contributed by atoms with Crippen molar-refractivity contribution >= 4 is 11.6 Å². The Labute approximate surface area is 134 Å². The van der Waals surface area contributed by atoms with Crippen LogP contribution in [0.5, 0.6) is 0 Å². The van der Waals surface area contributed by atoms with E-state index in [0.717, 1.165) is 22.4 Å². The Balaban J connectivity index is 1.72. The fourth-order valence-corrected chi connectivity index (χ4v) is 2.46. The van der Waals surface area contributed by atoms with Gasteiger partial charge in [-0.15, -0.1) is 0 Å². The van der Waals surface area contributed by atoms with Crippen LogP contribution < -0.4 is 11.1 Å². The second-order valence-corrected chi connectivity index (χ2v) is 5.25. The summed E-state index contributed by atoms with van der Waals surface area (Å²) in [4.78, 5) is 12.5. The molecule has 1 amide bonds. The zero-order valence-corrected chi connectivity index (χ0v) is 12.6. The SMILES string of the molecule is NC[C@H](C(=O)Nc1ccc(-c2cn[nH]c2)cc1)c1ccccc1. The van der Waals surface area contributed by atoms with Crippen LogP contribution in [-0.4, -0.2) is 22.6 Å². The van der Waals surface area contributed by atoms with Gasteiger partial charge in [0.1, 0.15) is 0 Å². The molecule has 5 heteroatoms. The highest BCUT2D eigenvalue weighted by Gasteiger charge is 2.18. The molecule has 0 aliphatic carbocycles. The number of nitrogens with zero attached hydrogens (tertiary/aromatic N) is 1. The van der Waals surface area contributed by atoms with E-state index >= 15 is 0 Å². The second kappa shape index (κ2) is 6.89. The zero-order chi connectivity index (χ0) is 16.1. The molecule has 0 saturated carbocycles. The van der Waals surface area contributed by atoms with E-state index in [1.54, 1.807) is 6.20 Å². The standard InChI is InChI=1S/C18H18N4O/c19-10-17(14-4-2-1-3-5-14)18(23)22-16-8-6-13(7-9-16)15-11-20-21-12-15/h1-9,11-12,17H,10,19H2,(H,20,21)(H,22,23)/t17-/m0/s1. The van der Waals surface area contributed by atoms with Gasteiger partial charge in [-0.25, -0.2) is 0 Å². The highest BCUT2D eigenvalue weighted by atomic mass is 16.1. The minimum atomic E-state index is -0.357. The predicted molar refractivity (Wildman–Crippen MR) is 90.9 cm³/mol. The van der Waals surface area contributed by atoms with Gasteiger partial charge in [0.05, 0.1) is 12.1 Å². The monoisotopic (exact) mass is 306 g/mol. The van der Waals surface area contributed by atoms with Gasteiger partial charge in [-0.1, -0.05) is 42.5 Å². The van der Waals surface area contributed by atoms with Gasteiger partial charge in [0.15, 0.2) is 0 Å². The van der Waals surface area contributed by atoms with Crippen LogP contribution in [0.3, 0.4) is 0 Å². The van der Waals surface area contributed by atoms with Crippen molar-refractivity contribution in [2.75, 3.05) is 11.9 Å². The van der Waals surface area contributed by atoms with E-state index in [0.29, 0.717) is 0 Å². The molecule has 0 bridgehead atoms. The lowest BCUT2D eigenvalue weighted by Crippen LogP contribution is -2.27. The molecule has 2 aromatic carbocycles. The number of carbonyl (C=O) groups excluding carboxylic acids is 1. The first-order chi connectivity index (χ1) is 11.3. The number of nitrogens with two attached hydrogens (primary N) is 1. The summed E-state index contributed by atoms with van der Waals surface area (Å²) >= 11 is 0. The summed E-state index contributed by atoms with van der Waals surface area (Å²) in [6, 6.07) is 17.2. The van der Waals surface area contributed by atoms with Gasteiger partial charge in [0.25, 0.3) is 0 Å². The highest BCUT2D eigenvalue weighted by Crippen LogP contribution is 2.21. The van der Waals surface area contributed by atoms with E-state index < -0.39 is 0 Å². The molecule has 0 aliphatic rings. The Morgan fingerprint density at radius 1 is 1.09 bits per heavy atom. The molecule has 0 aliphatic heterocycles. The summed E-state index contributed by atoms with van der Waals surface area (Å²) in [6.45, 7) is 0.267. The van der Waals surface area contributed by atoms with E-state index in [4.69, 9.17) is 5.73 Å². The summed E-state index contributed by atoms with van der Waals surface area (Å²) < 4.78 is 0. The minimum Gasteiger partial charge on any atom is -0.329 e. The molecule has 3 rings (SSSR count). The number of H-pyrrole nitrogens is 1. The van der Waals surface area contributed by atoms with E-state index in [1.165, 1.54) is 0 Å². The van der Waals surface area contributed by atoms with Gasteiger partial charge in [-0.05, 0) is 23.3 Å². The van der Waals surface area contributed by atoms with Crippen molar-refractivity contribution in [2.45, 2.75) is 5.92 Å². The lowest BCUT2D eigenvalue weighted by molar-refractivity contribution is -0.117. The quantitative estimate of drug-likeness (QED) is 0.677. The van der Waals surface area contributed by atoms with Crippen molar-refractivity contribution < 1.29 is 4.79 Å². The second-order valence-electron chi connectivity index (χ2n) is 5.25. The topological polar surface area (TPSA) is 83.8 Å². The normalized spacial score (nSPS) is 11.9. The number of anilines is 1. The molecular formula is C18H18N4O. The average Bonchev–Trinajstić information content (AvgIpc) is 3.12. The number of hydrogen-bond donors (Lipinski definition) is 3. The third-order valence-electron chi connectivity index (χ3n) is 3.74. The van der Waals surface area contributed by atoms with Crippen molar-refractivity contribution in [1.29, 1.82) is 0 Å². The molecule has 5 nitrogen and oxygen atoms in total. The van der Waals surface area contributed by atoms with Gasteiger partial charge >= 0.3 is 0 Å². The lowest BCUT2D eigenvalue weighted by Gasteiger charge is -2.15. The van der Waals surface area contributed by atoms with Crippen LogP contribution >= 0.6 is 0 Å². The molecule has 1 atom stereocenters. The number of aromatic nitrogens is 2. The largest absolute Gasteiger partial charge is 0.329 e. The first kappa shape index (κ1) is 15.0. The number of aromatic amines is 1. The predicted octanol–water partition coefficient (Wildman–Crippen LogP) is 2.76. The molecule has 1 aromatic heterocycles. The molecule has 23 heavy (non-hydrogen) atoms. The Bertz CT molecular complexity index is 751. The van der Waals surface area contributed by atoms with Crippen LogP contribution in [-0.2, 0) is 4.79 Å². The molecule has 3 aromatic rings. The van der Waals surface area contributed by atoms with Crippen molar-refractivity contribution in [3.05, 3.63) is 72.6 Å². The summed E-state index contributed by atoms with van der Waals surface area (Å²) in [5.74, 6) is -0.459. The van der Waals surface area contributed by atoms with Gasteiger partial charge < -0.3 is 11.1 Å². The number of nitrogens with one attached hydrogen (secondary N) is 2. The number of hydrogen-bond acceptors (Lipinski definition) is 3. The van der Waals surface area contributed by atoms with Crippen LogP contribution in [0.1, 0.15) is 11.5 Å². The number of benzene rings is 2. The van der Waals surface area contributed by atoms with Crippen LogP contribution in [0.4, 0.5) is 5.69 Å². The molecule has 0 spiro atoms. The molecule has 4 N–H and O–H groups in total. The maximum absolute atomic E-state index is 12.5. The van der Waals surface area contributed by atoms with Crippen LogP contribution in [0.15, 0.2) is 67.0 Å². The van der Waals surface area contributed by atoms with Gasteiger partial charge in [-0.3, -0.25) is 9.89 Å². The van der Waals surface area contributed by atoms with Crippen molar-refractivity contribution in [2.24, 2.45) is 5.73 Å². The number of rotatable bonds is 5. The summed E-state index contributed by atoms with van der Waals surface area (Å²) in [7, 11) is 0. The van der Waals surface area contributed by atoms with Crippen LogP contribution in [0.2, 0.25) is 0 Å². The molecule has 0 fully saturated rings. The lowest BCUT2D eigenvalue weighted by atomic mass is 9.98. The van der Waals surface area contributed by atoms with E-state index in [9.17, 15) is 4.79 Å². The molecule has 116 valence electrons. The Morgan fingerprint density at radius 2 is 1.83 bits per heavy atom. The maximum atomic E-state index is 12.5. The Hall–Kier alpha value is -2.92. The van der Waals surface area contributed by atoms with Crippen LogP contribution in [0.25, 0.3) is 11.1 Å². The summed E-state index contributed by atoms with van der Waals surface area (Å²) in [5.41, 5.74) is 9.49. The minimum absolute atomic E-state index is 0.102. The van der Waals surface area contributed by atoms with Crippen molar-refractivity contribution in [1.82, 2.24) is 10.2 Å². The molecule has 0 radical (unpaired) electrons. The average molecular weight is 306 g/mol. The Morgan fingerprint density at radius 3 is 2.43 bits per heavy atom. The van der Waals surface area contributed by atoms with Crippen molar-refractivity contribution in [3.63, 3.8) is 0 Å². The third-order valence-corrected chi connectivity index (χ3v) is 3.74. The van der Waals surface area contributed by atoms with E-state index in [2.05, 4.69) is 15.5 Å². The van der Waals surface area contributed by atoms with E-state index in [-0.39, 0.29) is 18.4 Å². The summed E-state index contributed by atoms with van der Waals surface area (Å²) in [5, 5.41) is 9.63. The molecular weight excluding hydrogens is 288 g/mol. The Kier molecular flexibility index (Phi) is 4.49. The third kappa shape index (κ3) is 3.46. The van der Waals surface area contributed by atoms with Crippen molar-refractivity contribution in [3.8, 4) is 11.1 Å². The van der Waals surface area contributed by atoms with Crippen LogP contribution in [0, 0.1) is 0 Å². The molecule has 0 unspecified atom stereocenters. The smallest absolute Gasteiger partial charge is 0.233 e. The number of amides is 1. The van der Waals surface area contributed by atoms with Gasteiger partial charge in [0.2, 0.25) is 5.91 Å². The van der Waals surface area contributed by atoms with E-state index in [1.807, 2.05) is 60.8 Å². The summed E-state index contributed by atoms with van der Waals surface area (Å²) in [6.07, 6.45) is 3.58. The fraction of sp³-hybridized carbons (Fsp3) is 0.111. The van der Waals surface area contributed by atoms with Gasteiger partial charge in [0, 0.05) is 24.0 Å². The first-order valence-electron chi connectivity index (χ1n) is 7.43. The molecule has 1 heterocycles. The zero-order valence-electron chi connectivity index (χ0n) is 12.6. The maximum Gasteiger partial charge on any atom is 0.233 e.